The number of carbonyl (C=O) groups is 2. The van der Waals surface area contributed by atoms with Crippen LogP contribution in [0, 0.1) is 0 Å². The maximum absolute atomic E-state index is 13.2. The van der Waals surface area contributed by atoms with E-state index in [1.807, 2.05) is 0 Å². The Labute approximate surface area is 358 Å². The van der Waals surface area contributed by atoms with Gasteiger partial charge >= 0.3 is 11.9 Å². The van der Waals surface area contributed by atoms with E-state index < -0.39 is 30.7 Å². The van der Waals surface area contributed by atoms with Crippen molar-refractivity contribution in [3.8, 4) is 0 Å². The Morgan fingerprint density at radius 1 is 0.414 bits per heavy atom. The predicted molar refractivity (Wildman–Crippen MR) is 240 cm³/mol. The van der Waals surface area contributed by atoms with Gasteiger partial charge in [-0.3, -0.25) is 9.59 Å². The van der Waals surface area contributed by atoms with Gasteiger partial charge < -0.3 is 28.8 Å². The summed E-state index contributed by atoms with van der Waals surface area (Å²) >= 11 is 0. The van der Waals surface area contributed by atoms with Crippen LogP contribution in [-0.2, 0) is 33.3 Å². The highest BCUT2D eigenvalue weighted by Gasteiger charge is 2.49. The van der Waals surface area contributed by atoms with E-state index in [1.165, 1.54) is 154 Å². The first-order valence-electron chi connectivity index (χ1n) is 25.4. The van der Waals surface area contributed by atoms with Gasteiger partial charge in [-0.05, 0) is 25.7 Å². The van der Waals surface area contributed by atoms with Crippen LogP contribution in [0.2, 0.25) is 0 Å². The van der Waals surface area contributed by atoms with Gasteiger partial charge in [-0.2, -0.15) is 0 Å². The number of aliphatic hydroxyl groups excluding tert-OH is 1. The molecule has 1 fully saturated rings. The van der Waals surface area contributed by atoms with Crippen LogP contribution in [0.15, 0.2) is 0 Å². The summed E-state index contributed by atoms with van der Waals surface area (Å²) in [5.41, 5.74) is 0. The van der Waals surface area contributed by atoms with Crippen molar-refractivity contribution in [1.29, 1.82) is 0 Å². The lowest BCUT2D eigenvalue weighted by atomic mass is 9.98. The summed E-state index contributed by atoms with van der Waals surface area (Å²) in [7, 11) is 0. The standard InChI is InChI=1S/C50H96O8/c1-5-9-13-15-17-19-21-23-25-27-29-31-33-37-41-54-48-47(58-46(52)40-36-12-8-4)44(43-56-45(51)39-35-11-7-3)57-50(53)49(48)55-42-38-34-32-30-28-26-24-22-20-18-16-14-10-6-2/h44,47-50,53H,5-43H2,1-4H3/t44-,47-,48+,49+,50-/m1/s1. The van der Waals surface area contributed by atoms with E-state index in [0.717, 1.165) is 64.2 Å². The van der Waals surface area contributed by atoms with Gasteiger partial charge in [0.25, 0.3) is 0 Å². The maximum Gasteiger partial charge on any atom is 0.306 e. The zero-order valence-corrected chi connectivity index (χ0v) is 38.8. The summed E-state index contributed by atoms with van der Waals surface area (Å²) in [6.07, 6.45) is 37.4. The highest BCUT2D eigenvalue weighted by molar-refractivity contribution is 5.70. The highest BCUT2D eigenvalue weighted by atomic mass is 16.7. The van der Waals surface area contributed by atoms with Gasteiger partial charge in [-0.1, -0.05) is 220 Å². The molecule has 0 bridgehead atoms. The number of carbonyl (C=O) groups excluding carboxylic acids is 2. The third-order valence-electron chi connectivity index (χ3n) is 11.9. The van der Waals surface area contributed by atoms with Crippen molar-refractivity contribution in [1.82, 2.24) is 0 Å². The van der Waals surface area contributed by atoms with Crippen LogP contribution in [0.3, 0.4) is 0 Å². The minimum atomic E-state index is -1.29. The van der Waals surface area contributed by atoms with E-state index in [2.05, 4.69) is 27.7 Å². The Hall–Kier alpha value is -1.22. The fourth-order valence-electron chi connectivity index (χ4n) is 8.07. The Morgan fingerprint density at radius 3 is 1.14 bits per heavy atom. The van der Waals surface area contributed by atoms with Crippen molar-refractivity contribution < 1.29 is 38.4 Å². The Bertz CT molecular complexity index is 899. The smallest absolute Gasteiger partial charge is 0.306 e. The van der Waals surface area contributed by atoms with Gasteiger partial charge in [0.15, 0.2) is 12.4 Å². The van der Waals surface area contributed by atoms with E-state index in [4.69, 9.17) is 23.7 Å². The van der Waals surface area contributed by atoms with Gasteiger partial charge in [0, 0.05) is 26.1 Å². The van der Waals surface area contributed by atoms with Crippen molar-refractivity contribution >= 4 is 11.9 Å². The fraction of sp³-hybridized carbons (Fsp3) is 0.960. The topological polar surface area (TPSA) is 101 Å². The number of esters is 2. The second-order valence-corrected chi connectivity index (χ2v) is 17.5. The van der Waals surface area contributed by atoms with Gasteiger partial charge in [-0.15, -0.1) is 0 Å². The van der Waals surface area contributed by atoms with Crippen LogP contribution < -0.4 is 0 Å². The number of aliphatic hydroxyl groups is 1. The van der Waals surface area contributed by atoms with Crippen molar-refractivity contribution in [3.05, 3.63) is 0 Å². The first kappa shape index (κ1) is 54.8. The zero-order chi connectivity index (χ0) is 42.2. The third-order valence-corrected chi connectivity index (χ3v) is 11.9. The first-order valence-corrected chi connectivity index (χ1v) is 25.4. The molecule has 0 spiro atoms. The van der Waals surface area contributed by atoms with Crippen LogP contribution in [0.5, 0.6) is 0 Å². The van der Waals surface area contributed by atoms with Crippen LogP contribution >= 0.6 is 0 Å². The SMILES string of the molecule is CCCCCCCCCCCCCCCCO[C@@H]1[C@H](OCCCCCCCCCCCCCCCC)[C@H](O)O[C@H](COC(=O)CCCCC)[C@H]1OC(=O)CCCCC. The molecule has 0 aromatic rings. The van der Waals surface area contributed by atoms with Gasteiger partial charge in [-0.25, -0.2) is 0 Å². The second kappa shape index (κ2) is 41.1. The summed E-state index contributed by atoms with van der Waals surface area (Å²) < 4.78 is 30.6. The van der Waals surface area contributed by atoms with Crippen molar-refractivity contribution in [2.75, 3.05) is 19.8 Å². The number of hydrogen-bond acceptors (Lipinski definition) is 8. The molecule has 1 aliphatic heterocycles. The predicted octanol–water partition coefficient (Wildman–Crippen LogP) is 14.1. The Kier molecular flexibility index (Phi) is 38.9. The maximum atomic E-state index is 13.2. The number of hydrogen-bond donors (Lipinski definition) is 1. The quantitative estimate of drug-likeness (QED) is 0.0479. The van der Waals surface area contributed by atoms with Crippen molar-refractivity contribution in [2.45, 2.75) is 290 Å². The lowest BCUT2D eigenvalue weighted by Gasteiger charge is -2.43. The molecule has 1 heterocycles. The average Bonchev–Trinajstić information content (AvgIpc) is 3.21. The van der Waals surface area contributed by atoms with E-state index in [-0.39, 0.29) is 18.5 Å². The second-order valence-electron chi connectivity index (χ2n) is 17.5. The summed E-state index contributed by atoms with van der Waals surface area (Å²) in [6.45, 7) is 9.58. The van der Waals surface area contributed by atoms with Crippen LogP contribution in [0.1, 0.15) is 259 Å². The minimum absolute atomic E-state index is 0.112. The molecule has 0 aliphatic carbocycles. The molecule has 1 rings (SSSR count). The molecule has 344 valence electrons. The first-order chi connectivity index (χ1) is 28.5. The highest BCUT2D eigenvalue weighted by Crippen LogP contribution is 2.29. The summed E-state index contributed by atoms with van der Waals surface area (Å²) in [4.78, 5) is 25.7. The van der Waals surface area contributed by atoms with Crippen LogP contribution in [0.4, 0.5) is 0 Å². The van der Waals surface area contributed by atoms with E-state index in [1.54, 1.807) is 0 Å². The number of ether oxygens (including phenoxy) is 5. The molecule has 1 N–H and O–H groups in total. The van der Waals surface area contributed by atoms with E-state index in [9.17, 15) is 14.7 Å². The molecule has 0 saturated carbocycles. The normalized spacial score (nSPS) is 19.4. The molecule has 1 aliphatic rings. The van der Waals surface area contributed by atoms with Gasteiger partial charge in [0.05, 0.1) is 0 Å². The zero-order valence-electron chi connectivity index (χ0n) is 38.8. The number of rotatable bonds is 43. The number of unbranched alkanes of at least 4 members (excludes halogenated alkanes) is 30. The molecule has 58 heavy (non-hydrogen) atoms. The molecule has 0 unspecified atom stereocenters. The van der Waals surface area contributed by atoms with Crippen LogP contribution in [-0.4, -0.2) is 67.6 Å². The molecular formula is C50H96O8. The van der Waals surface area contributed by atoms with E-state index >= 15 is 0 Å². The monoisotopic (exact) mass is 825 g/mol. The minimum Gasteiger partial charge on any atom is -0.463 e. The molecule has 8 heteroatoms. The van der Waals surface area contributed by atoms with E-state index in [0.29, 0.717) is 26.1 Å². The lowest BCUT2D eigenvalue weighted by Crippen LogP contribution is -2.62. The van der Waals surface area contributed by atoms with Gasteiger partial charge in [0.1, 0.15) is 24.9 Å². The molecule has 0 aromatic carbocycles. The van der Waals surface area contributed by atoms with Crippen molar-refractivity contribution in [3.63, 3.8) is 0 Å². The fourth-order valence-corrected chi connectivity index (χ4v) is 8.07. The van der Waals surface area contributed by atoms with Crippen molar-refractivity contribution in [2.24, 2.45) is 0 Å². The molecule has 0 radical (unpaired) electrons. The van der Waals surface area contributed by atoms with Gasteiger partial charge in [0.2, 0.25) is 0 Å². The summed E-state index contributed by atoms with van der Waals surface area (Å²) in [5.74, 6) is -0.635. The summed E-state index contributed by atoms with van der Waals surface area (Å²) in [5, 5.41) is 11.3. The largest absolute Gasteiger partial charge is 0.463 e. The Morgan fingerprint density at radius 2 is 0.741 bits per heavy atom. The molecule has 0 aromatic heterocycles. The third kappa shape index (κ3) is 30.8. The molecule has 1 saturated heterocycles. The Balaban J connectivity index is 2.69. The average molecular weight is 825 g/mol. The van der Waals surface area contributed by atoms with Crippen LogP contribution in [0.25, 0.3) is 0 Å². The molecule has 8 nitrogen and oxygen atoms in total. The molecular weight excluding hydrogens is 729 g/mol. The lowest BCUT2D eigenvalue weighted by molar-refractivity contribution is -0.306. The molecule has 0 amide bonds. The molecule has 5 atom stereocenters. The summed E-state index contributed by atoms with van der Waals surface area (Å²) in [6, 6.07) is 0.